The molecule has 1 saturated carbocycles. The number of fused-ring (bicyclic) bond motifs is 2. The van der Waals surface area contributed by atoms with E-state index in [9.17, 15) is 10.1 Å². The highest BCUT2D eigenvalue weighted by atomic mass is 35.5. The van der Waals surface area contributed by atoms with E-state index < -0.39 is 0 Å². The zero-order chi connectivity index (χ0) is 11.5. The molecule has 4 heteroatoms. The first-order valence-corrected chi connectivity index (χ1v) is 6.08. The molecule has 86 valence electrons. The molecule has 0 heterocycles. The Balaban J connectivity index is 2.21. The first kappa shape index (κ1) is 11.5. The molecule has 0 amide bonds. The van der Waals surface area contributed by atoms with E-state index in [1.54, 1.807) is 0 Å². The van der Waals surface area contributed by atoms with Crippen molar-refractivity contribution in [3.63, 3.8) is 0 Å². The number of carbonyl (C=O) groups excluding carboxylic acids is 1. The third kappa shape index (κ3) is 1.82. The van der Waals surface area contributed by atoms with Gasteiger partial charge in [0, 0.05) is 5.92 Å². The predicted octanol–water partition coefficient (Wildman–Crippen LogP) is 2.12. The van der Waals surface area contributed by atoms with Crippen LogP contribution >= 0.6 is 11.6 Å². The van der Waals surface area contributed by atoms with Crippen LogP contribution < -0.4 is 0 Å². The van der Waals surface area contributed by atoms with Crippen LogP contribution in [0.15, 0.2) is 12.2 Å². The maximum Gasteiger partial charge on any atom is 0.293 e. The van der Waals surface area contributed by atoms with Gasteiger partial charge in [-0.05, 0) is 24.7 Å². The lowest BCUT2D eigenvalue weighted by Gasteiger charge is -2.44. The lowest BCUT2D eigenvalue weighted by molar-refractivity contribution is -0.137. The van der Waals surface area contributed by atoms with Crippen molar-refractivity contribution in [1.29, 1.82) is 5.26 Å². The van der Waals surface area contributed by atoms with Crippen LogP contribution in [0.3, 0.4) is 0 Å². The SMILES string of the molecule is N#C[C@H]1[C@@H]([C@@H](CCl)OC=O)[C@@H]2C=C[C@H]1CC2. The smallest absolute Gasteiger partial charge is 0.293 e. The van der Waals surface area contributed by atoms with E-state index in [4.69, 9.17) is 16.3 Å². The molecular formula is C12H14ClNO2. The molecule has 0 aromatic rings. The minimum atomic E-state index is -0.332. The van der Waals surface area contributed by atoms with Gasteiger partial charge in [0.05, 0.1) is 17.9 Å². The summed E-state index contributed by atoms with van der Waals surface area (Å²) < 4.78 is 5.02. The molecular weight excluding hydrogens is 226 g/mol. The molecule has 0 radical (unpaired) electrons. The van der Waals surface area contributed by atoms with Gasteiger partial charge < -0.3 is 4.74 Å². The summed E-state index contributed by atoms with van der Waals surface area (Å²) in [5.74, 6) is 0.904. The van der Waals surface area contributed by atoms with Crippen molar-refractivity contribution in [3.8, 4) is 6.07 Å². The van der Waals surface area contributed by atoms with E-state index in [1.807, 2.05) is 0 Å². The Bertz CT molecular complexity index is 336. The molecule has 1 fully saturated rings. The second-order valence-corrected chi connectivity index (χ2v) is 4.76. The van der Waals surface area contributed by atoms with Crippen LogP contribution in [0.2, 0.25) is 0 Å². The van der Waals surface area contributed by atoms with Gasteiger partial charge >= 0.3 is 0 Å². The van der Waals surface area contributed by atoms with E-state index in [0.29, 0.717) is 18.3 Å². The Kier molecular flexibility index (Phi) is 3.50. The van der Waals surface area contributed by atoms with E-state index in [0.717, 1.165) is 12.8 Å². The van der Waals surface area contributed by atoms with Crippen LogP contribution in [0.5, 0.6) is 0 Å². The zero-order valence-corrected chi connectivity index (χ0v) is 9.64. The number of nitrogens with zero attached hydrogens (tertiary/aromatic N) is 1. The molecule has 3 rings (SSSR count). The Labute approximate surface area is 100 Å². The molecule has 16 heavy (non-hydrogen) atoms. The van der Waals surface area contributed by atoms with E-state index in [2.05, 4.69) is 18.2 Å². The van der Waals surface area contributed by atoms with E-state index >= 15 is 0 Å². The predicted molar refractivity (Wildman–Crippen MR) is 59.6 cm³/mol. The molecule has 3 aliphatic carbocycles. The lowest BCUT2D eigenvalue weighted by atomic mass is 9.61. The second kappa shape index (κ2) is 4.88. The summed E-state index contributed by atoms with van der Waals surface area (Å²) in [5, 5.41) is 9.23. The van der Waals surface area contributed by atoms with Crippen molar-refractivity contribution in [1.82, 2.24) is 0 Å². The molecule has 0 unspecified atom stereocenters. The van der Waals surface area contributed by atoms with Crippen molar-refractivity contribution in [2.45, 2.75) is 18.9 Å². The maximum absolute atomic E-state index is 10.4. The molecule has 3 aliphatic rings. The van der Waals surface area contributed by atoms with Crippen LogP contribution in [0.1, 0.15) is 12.8 Å². The monoisotopic (exact) mass is 239 g/mol. The Morgan fingerprint density at radius 1 is 1.50 bits per heavy atom. The third-order valence-corrected chi connectivity index (χ3v) is 4.07. The first-order valence-electron chi connectivity index (χ1n) is 5.54. The van der Waals surface area contributed by atoms with Crippen molar-refractivity contribution in [3.05, 3.63) is 12.2 Å². The van der Waals surface area contributed by atoms with Gasteiger partial charge in [-0.3, -0.25) is 4.79 Å². The second-order valence-electron chi connectivity index (χ2n) is 4.45. The van der Waals surface area contributed by atoms with Gasteiger partial charge in [0.2, 0.25) is 0 Å². The summed E-state index contributed by atoms with van der Waals surface area (Å²) in [6.07, 6.45) is 6.08. The quantitative estimate of drug-likeness (QED) is 0.429. The standard InChI is InChI=1S/C12H14ClNO2/c13-5-11(16-7-15)12-9-3-1-8(2-4-9)10(12)6-14/h1,3,7-12H,2,4-5H2/t8-,9+,10+,11+,12-/m0/s1. The van der Waals surface area contributed by atoms with Crippen molar-refractivity contribution >= 4 is 18.1 Å². The zero-order valence-electron chi connectivity index (χ0n) is 8.88. The number of nitriles is 1. The molecule has 0 spiro atoms. The van der Waals surface area contributed by atoms with Crippen LogP contribution in [0.4, 0.5) is 0 Å². The fraction of sp³-hybridized carbons (Fsp3) is 0.667. The first-order chi connectivity index (χ1) is 7.81. The number of rotatable bonds is 4. The van der Waals surface area contributed by atoms with Crippen LogP contribution in [0.25, 0.3) is 0 Å². The maximum atomic E-state index is 10.4. The average molecular weight is 240 g/mol. The Hall–Kier alpha value is -1.01. The summed E-state index contributed by atoms with van der Waals surface area (Å²) in [7, 11) is 0. The fourth-order valence-electron chi connectivity index (χ4n) is 3.02. The van der Waals surface area contributed by atoms with Gasteiger partial charge in [-0.15, -0.1) is 11.6 Å². The van der Waals surface area contributed by atoms with Crippen LogP contribution in [0, 0.1) is 35.0 Å². The molecule has 0 aliphatic heterocycles. The Morgan fingerprint density at radius 2 is 2.19 bits per heavy atom. The number of halogens is 1. The third-order valence-electron chi connectivity index (χ3n) is 3.77. The molecule has 0 aromatic carbocycles. The summed E-state index contributed by atoms with van der Waals surface area (Å²) in [5.41, 5.74) is 0. The molecule has 0 aromatic heterocycles. The highest BCUT2D eigenvalue weighted by molar-refractivity contribution is 6.18. The summed E-state index contributed by atoms with van der Waals surface area (Å²) in [4.78, 5) is 10.4. The van der Waals surface area contributed by atoms with E-state index in [1.165, 1.54) is 0 Å². The highest BCUT2D eigenvalue weighted by Crippen LogP contribution is 2.46. The molecule has 3 nitrogen and oxygen atoms in total. The molecule has 2 bridgehead atoms. The fourth-order valence-corrected chi connectivity index (χ4v) is 3.30. The molecule has 0 N–H and O–H groups in total. The van der Waals surface area contributed by atoms with Gasteiger partial charge in [0.1, 0.15) is 6.10 Å². The minimum Gasteiger partial charge on any atom is -0.463 e. The number of hydrogen-bond acceptors (Lipinski definition) is 3. The van der Waals surface area contributed by atoms with Gasteiger partial charge in [-0.1, -0.05) is 12.2 Å². The topological polar surface area (TPSA) is 50.1 Å². The normalized spacial score (nSPS) is 37.8. The van der Waals surface area contributed by atoms with Gasteiger partial charge in [-0.2, -0.15) is 5.26 Å². The lowest BCUT2D eigenvalue weighted by Crippen LogP contribution is -2.44. The van der Waals surface area contributed by atoms with E-state index in [-0.39, 0.29) is 23.8 Å². The van der Waals surface area contributed by atoms with Crippen LogP contribution in [-0.4, -0.2) is 18.5 Å². The number of allylic oxidation sites excluding steroid dienone is 2. The average Bonchev–Trinajstić information content (AvgIpc) is 2.36. The molecule has 0 saturated heterocycles. The van der Waals surface area contributed by atoms with Gasteiger partial charge in [0.25, 0.3) is 6.47 Å². The number of hydrogen-bond donors (Lipinski definition) is 0. The van der Waals surface area contributed by atoms with Gasteiger partial charge in [0.15, 0.2) is 0 Å². The van der Waals surface area contributed by atoms with Gasteiger partial charge in [-0.25, -0.2) is 0 Å². The van der Waals surface area contributed by atoms with Crippen molar-refractivity contribution in [2.24, 2.45) is 23.7 Å². The highest BCUT2D eigenvalue weighted by Gasteiger charge is 2.45. The summed E-state index contributed by atoms with van der Waals surface area (Å²) >= 11 is 5.82. The number of ether oxygens (including phenoxy) is 1. The number of carbonyl (C=O) groups is 1. The minimum absolute atomic E-state index is 0.0625. The molecule has 5 atom stereocenters. The van der Waals surface area contributed by atoms with Crippen molar-refractivity contribution < 1.29 is 9.53 Å². The largest absolute Gasteiger partial charge is 0.463 e. The number of alkyl halides is 1. The summed E-state index contributed by atoms with van der Waals surface area (Å²) in [6, 6.07) is 2.35. The Morgan fingerprint density at radius 3 is 2.69 bits per heavy atom. The van der Waals surface area contributed by atoms with Crippen LogP contribution in [-0.2, 0) is 9.53 Å². The summed E-state index contributed by atoms with van der Waals surface area (Å²) in [6.45, 7) is 0.438. The van der Waals surface area contributed by atoms with Crippen molar-refractivity contribution in [2.75, 3.05) is 5.88 Å².